The minimum atomic E-state index is -0.295. The first kappa shape index (κ1) is 30.0. The molecule has 46 heavy (non-hydrogen) atoms. The van der Waals surface area contributed by atoms with Gasteiger partial charge in [-0.1, -0.05) is 60.7 Å². The molecule has 8 heteroatoms. The van der Waals surface area contributed by atoms with Crippen LogP contribution in [-0.4, -0.2) is 35.3 Å². The number of carbonyl (C=O) groups is 2. The fraction of sp³-hybridized carbons (Fsp3) is 0.105. The molecule has 0 saturated heterocycles. The highest BCUT2D eigenvalue weighted by molar-refractivity contribution is 6.13. The Morgan fingerprint density at radius 3 is 1.72 bits per heavy atom. The predicted octanol–water partition coefficient (Wildman–Crippen LogP) is 7.44. The summed E-state index contributed by atoms with van der Waals surface area (Å²) in [6, 6.07) is 35.1. The Balaban J connectivity index is 1.23. The molecule has 0 aliphatic carbocycles. The SMILES string of the molecule is COc1cc(OCc2ccccc2)ccc1C(=O)c1[nH]ccc1-n1cccc1C(=O)c1ccc(OCc2ccccc2)cc1OC. The van der Waals surface area contributed by atoms with Crippen LogP contribution in [0, 0.1) is 0 Å². The van der Waals surface area contributed by atoms with Crippen LogP contribution in [0.2, 0.25) is 0 Å². The van der Waals surface area contributed by atoms with Crippen molar-refractivity contribution in [2.45, 2.75) is 13.2 Å². The number of carbonyl (C=O) groups excluding carboxylic acids is 2. The molecule has 230 valence electrons. The highest BCUT2D eigenvalue weighted by Gasteiger charge is 2.24. The van der Waals surface area contributed by atoms with Crippen LogP contribution in [0.15, 0.2) is 128 Å². The van der Waals surface area contributed by atoms with Crippen molar-refractivity contribution < 1.29 is 28.5 Å². The number of ketones is 2. The van der Waals surface area contributed by atoms with Gasteiger partial charge in [0, 0.05) is 24.5 Å². The number of hydrogen-bond donors (Lipinski definition) is 1. The van der Waals surface area contributed by atoms with E-state index in [-0.39, 0.29) is 11.6 Å². The van der Waals surface area contributed by atoms with Crippen molar-refractivity contribution in [2.75, 3.05) is 14.2 Å². The third-order valence-corrected chi connectivity index (χ3v) is 7.52. The van der Waals surface area contributed by atoms with E-state index in [0.717, 1.165) is 11.1 Å². The van der Waals surface area contributed by atoms with Gasteiger partial charge in [-0.05, 0) is 53.6 Å². The molecule has 0 atom stereocenters. The second-order valence-corrected chi connectivity index (χ2v) is 10.4. The molecule has 0 spiro atoms. The zero-order valence-electron chi connectivity index (χ0n) is 25.4. The quantitative estimate of drug-likeness (QED) is 0.136. The molecular weight excluding hydrogens is 580 g/mol. The number of hydrogen-bond acceptors (Lipinski definition) is 6. The van der Waals surface area contributed by atoms with Gasteiger partial charge in [0.15, 0.2) is 0 Å². The molecular formula is C38H32N2O6. The van der Waals surface area contributed by atoms with Crippen molar-refractivity contribution in [3.05, 3.63) is 161 Å². The van der Waals surface area contributed by atoms with Crippen molar-refractivity contribution in [1.29, 1.82) is 0 Å². The highest BCUT2D eigenvalue weighted by atomic mass is 16.5. The summed E-state index contributed by atoms with van der Waals surface area (Å²) in [6.45, 7) is 0.773. The molecule has 4 aromatic carbocycles. The molecule has 0 aliphatic heterocycles. The number of methoxy groups -OCH3 is 2. The van der Waals surface area contributed by atoms with E-state index in [1.54, 1.807) is 71.6 Å². The fourth-order valence-electron chi connectivity index (χ4n) is 5.17. The van der Waals surface area contributed by atoms with Crippen LogP contribution in [0.25, 0.3) is 5.69 Å². The first-order chi connectivity index (χ1) is 22.6. The maximum Gasteiger partial charge on any atom is 0.215 e. The van der Waals surface area contributed by atoms with Crippen LogP contribution in [-0.2, 0) is 13.2 Å². The Hall–Kier alpha value is -6.02. The normalized spacial score (nSPS) is 10.7. The van der Waals surface area contributed by atoms with Gasteiger partial charge in [-0.15, -0.1) is 0 Å². The minimum Gasteiger partial charge on any atom is -0.496 e. The van der Waals surface area contributed by atoms with Gasteiger partial charge in [0.25, 0.3) is 0 Å². The van der Waals surface area contributed by atoms with Gasteiger partial charge in [-0.3, -0.25) is 9.59 Å². The van der Waals surface area contributed by atoms with Gasteiger partial charge in [0.05, 0.1) is 36.7 Å². The summed E-state index contributed by atoms with van der Waals surface area (Å²) in [7, 11) is 3.03. The number of aromatic amines is 1. The van der Waals surface area contributed by atoms with Gasteiger partial charge in [-0.25, -0.2) is 0 Å². The number of nitrogens with zero attached hydrogens (tertiary/aromatic N) is 1. The van der Waals surface area contributed by atoms with E-state index in [0.29, 0.717) is 64.4 Å². The monoisotopic (exact) mass is 612 g/mol. The van der Waals surface area contributed by atoms with E-state index >= 15 is 0 Å². The molecule has 2 aromatic heterocycles. The molecule has 0 fully saturated rings. The van der Waals surface area contributed by atoms with Gasteiger partial charge in [-0.2, -0.15) is 0 Å². The van der Waals surface area contributed by atoms with Crippen molar-refractivity contribution in [2.24, 2.45) is 0 Å². The largest absolute Gasteiger partial charge is 0.496 e. The Bertz CT molecular complexity index is 1820. The first-order valence-corrected chi connectivity index (χ1v) is 14.7. The summed E-state index contributed by atoms with van der Waals surface area (Å²) in [4.78, 5) is 30.8. The molecule has 8 nitrogen and oxygen atoms in total. The lowest BCUT2D eigenvalue weighted by molar-refractivity contribution is 0.101. The topological polar surface area (TPSA) is 91.8 Å². The predicted molar refractivity (Wildman–Crippen MR) is 175 cm³/mol. The minimum absolute atomic E-state index is 0.270. The zero-order chi connectivity index (χ0) is 31.9. The number of rotatable bonds is 13. The number of ether oxygens (including phenoxy) is 4. The maximum atomic E-state index is 13.9. The second-order valence-electron chi connectivity index (χ2n) is 10.4. The van der Waals surface area contributed by atoms with Crippen LogP contribution < -0.4 is 18.9 Å². The Labute approximate surface area is 266 Å². The number of nitrogens with one attached hydrogen (secondary N) is 1. The number of aromatic nitrogens is 2. The van der Waals surface area contributed by atoms with E-state index < -0.39 is 0 Å². The Morgan fingerprint density at radius 2 is 1.17 bits per heavy atom. The molecule has 0 amide bonds. The zero-order valence-corrected chi connectivity index (χ0v) is 25.4. The van der Waals surface area contributed by atoms with E-state index in [4.69, 9.17) is 18.9 Å². The highest BCUT2D eigenvalue weighted by Crippen LogP contribution is 2.31. The fourth-order valence-corrected chi connectivity index (χ4v) is 5.17. The van der Waals surface area contributed by atoms with Crippen LogP contribution in [0.5, 0.6) is 23.0 Å². The van der Waals surface area contributed by atoms with Crippen LogP contribution in [0.1, 0.15) is 43.2 Å². The second kappa shape index (κ2) is 13.7. The van der Waals surface area contributed by atoms with E-state index in [1.165, 1.54) is 14.2 Å². The van der Waals surface area contributed by atoms with E-state index in [2.05, 4.69) is 4.98 Å². The summed E-state index contributed by atoms with van der Waals surface area (Å²) in [5.74, 6) is 1.35. The maximum absolute atomic E-state index is 13.9. The third kappa shape index (κ3) is 6.42. The van der Waals surface area contributed by atoms with E-state index in [9.17, 15) is 9.59 Å². The van der Waals surface area contributed by atoms with Crippen LogP contribution in [0.4, 0.5) is 0 Å². The smallest absolute Gasteiger partial charge is 0.215 e. The average Bonchev–Trinajstić information content (AvgIpc) is 3.80. The molecule has 2 heterocycles. The summed E-state index contributed by atoms with van der Waals surface area (Å²) in [5.41, 5.74) is 3.96. The molecule has 1 N–H and O–H groups in total. The van der Waals surface area contributed by atoms with Crippen molar-refractivity contribution in [3.8, 4) is 28.7 Å². The molecule has 0 saturated carbocycles. The van der Waals surface area contributed by atoms with Crippen molar-refractivity contribution in [1.82, 2.24) is 9.55 Å². The Kier molecular flexibility index (Phi) is 8.97. The molecule has 6 aromatic rings. The lowest BCUT2D eigenvalue weighted by atomic mass is 10.0. The molecule has 6 rings (SSSR count). The van der Waals surface area contributed by atoms with Crippen LogP contribution >= 0.6 is 0 Å². The van der Waals surface area contributed by atoms with E-state index in [1.807, 2.05) is 60.7 Å². The lowest BCUT2D eigenvalue weighted by Gasteiger charge is -2.14. The summed E-state index contributed by atoms with van der Waals surface area (Å²) in [5, 5.41) is 0. The summed E-state index contributed by atoms with van der Waals surface area (Å²) >= 11 is 0. The summed E-state index contributed by atoms with van der Waals surface area (Å²) in [6.07, 6.45) is 3.41. The first-order valence-electron chi connectivity index (χ1n) is 14.7. The number of H-pyrrole nitrogens is 1. The van der Waals surface area contributed by atoms with Crippen LogP contribution in [0.3, 0.4) is 0 Å². The van der Waals surface area contributed by atoms with Crippen molar-refractivity contribution in [3.63, 3.8) is 0 Å². The molecule has 0 radical (unpaired) electrons. The molecule has 0 unspecified atom stereocenters. The van der Waals surface area contributed by atoms with Gasteiger partial charge < -0.3 is 28.5 Å². The summed E-state index contributed by atoms with van der Waals surface area (Å²) < 4.78 is 24.7. The van der Waals surface area contributed by atoms with Gasteiger partial charge in [0.1, 0.15) is 41.9 Å². The third-order valence-electron chi connectivity index (χ3n) is 7.52. The lowest BCUT2D eigenvalue weighted by Crippen LogP contribution is -2.13. The molecule has 0 aliphatic rings. The standard InChI is InChI=1S/C38H32N2O6/c1-43-34-22-28(45-24-26-10-5-3-6-11-26)15-17-30(34)37(41)33-14-9-21-40(33)32-19-20-39-36(32)38(42)31-18-16-29(23-35(31)44-2)46-25-27-12-7-4-8-13-27/h3-23,39H,24-25H2,1-2H3. The number of benzene rings is 4. The van der Waals surface area contributed by atoms with Crippen molar-refractivity contribution >= 4 is 11.6 Å². The van der Waals surface area contributed by atoms with Gasteiger partial charge in [0.2, 0.25) is 11.6 Å². The molecule has 0 bridgehead atoms. The average molecular weight is 613 g/mol. The Morgan fingerprint density at radius 1 is 0.630 bits per heavy atom. The van der Waals surface area contributed by atoms with Gasteiger partial charge >= 0.3 is 0 Å².